The fourth-order valence-electron chi connectivity index (χ4n) is 3.50. The molecular weight excluding hydrogens is 590 g/mol. The second-order valence-corrected chi connectivity index (χ2v) is 14.2. The van der Waals surface area contributed by atoms with Crippen LogP contribution in [0.15, 0.2) is 81.9 Å². The van der Waals surface area contributed by atoms with E-state index < -0.39 is 20.0 Å². The Morgan fingerprint density at radius 3 is 1.95 bits per heavy atom. The lowest BCUT2D eigenvalue weighted by molar-refractivity contribution is 0.263. The summed E-state index contributed by atoms with van der Waals surface area (Å²) >= 11 is 7.61. The summed E-state index contributed by atoms with van der Waals surface area (Å²) in [6, 6.07) is 18.9. The highest BCUT2D eigenvalue weighted by Gasteiger charge is 2.42. The van der Waals surface area contributed by atoms with Crippen LogP contribution in [0.3, 0.4) is 0 Å². The summed E-state index contributed by atoms with van der Waals surface area (Å²) in [7, 11) is -6.67. The number of hydrogen-bond acceptors (Lipinski definition) is 7. The van der Waals surface area contributed by atoms with Crippen LogP contribution in [0.2, 0.25) is 5.02 Å². The van der Waals surface area contributed by atoms with Crippen LogP contribution < -0.4 is 10.5 Å². The smallest absolute Gasteiger partial charge is 0.243 e. The zero-order valence-corrected chi connectivity index (χ0v) is 26.3. The molecular formula is C28H40ClN3O5S3. The first-order valence-corrected chi connectivity index (χ1v) is 17.4. The quantitative estimate of drug-likeness (QED) is 0.259. The molecule has 2 heterocycles. The Morgan fingerprint density at radius 2 is 1.55 bits per heavy atom. The van der Waals surface area contributed by atoms with Crippen molar-refractivity contribution in [3.63, 3.8) is 0 Å². The van der Waals surface area contributed by atoms with Crippen molar-refractivity contribution in [2.45, 2.75) is 74.4 Å². The van der Waals surface area contributed by atoms with Gasteiger partial charge in [0.1, 0.15) is 0 Å². The Hall–Kier alpha value is -1.83. The maximum absolute atomic E-state index is 12.3. The third kappa shape index (κ3) is 10.5. The molecule has 8 nitrogen and oxygen atoms in total. The minimum absolute atomic E-state index is 0.00926. The Morgan fingerprint density at radius 1 is 0.975 bits per heavy atom. The van der Waals surface area contributed by atoms with Crippen LogP contribution in [0.1, 0.15) is 44.9 Å². The molecule has 1 saturated heterocycles. The van der Waals surface area contributed by atoms with E-state index >= 15 is 0 Å². The van der Waals surface area contributed by atoms with Gasteiger partial charge in [-0.05, 0) is 61.4 Å². The van der Waals surface area contributed by atoms with Crippen molar-refractivity contribution in [3.8, 4) is 0 Å². The summed E-state index contributed by atoms with van der Waals surface area (Å²) in [5.41, 5.74) is 5.22. The van der Waals surface area contributed by atoms with Crippen molar-refractivity contribution in [1.82, 2.24) is 9.03 Å². The van der Waals surface area contributed by atoms with Gasteiger partial charge in [-0.2, -0.15) is 4.31 Å². The normalized spacial score (nSPS) is 17.9. The van der Waals surface area contributed by atoms with Gasteiger partial charge >= 0.3 is 0 Å². The van der Waals surface area contributed by atoms with Gasteiger partial charge in [-0.1, -0.05) is 68.8 Å². The van der Waals surface area contributed by atoms with Crippen molar-refractivity contribution >= 4 is 43.0 Å². The summed E-state index contributed by atoms with van der Waals surface area (Å²) in [5, 5.41) is 10.8. The minimum Gasteiger partial charge on any atom is -0.395 e. The molecule has 12 heteroatoms. The fraction of sp³-hybridized carbons (Fsp3) is 0.429. The molecule has 2 aromatic carbocycles. The second-order valence-electron chi connectivity index (χ2n) is 9.24. The van der Waals surface area contributed by atoms with Gasteiger partial charge in [-0.3, -0.25) is 0 Å². The van der Waals surface area contributed by atoms with Crippen LogP contribution in [-0.4, -0.2) is 57.5 Å². The number of nitrogens with zero attached hydrogens (tertiary/aromatic N) is 1. The minimum atomic E-state index is -3.48. The Bertz CT molecular complexity index is 1350. The maximum Gasteiger partial charge on any atom is 0.243 e. The van der Waals surface area contributed by atoms with E-state index in [0.29, 0.717) is 29.3 Å². The molecule has 1 aliphatic rings. The number of nitrogens with two attached hydrogens (primary N) is 1. The molecule has 4 N–H and O–H groups in total. The number of thiophene rings is 1. The predicted octanol–water partition coefficient (Wildman–Crippen LogP) is 4.89. The molecule has 0 spiro atoms. The highest BCUT2D eigenvalue weighted by Crippen LogP contribution is 2.29. The molecule has 1 fully saturated rings. The second kappa shape index (κ2) is 16.6. The van der Waals surface area contributed by atoms with Crippen molar-refractivity contribution in [2.24, 2.45) is 5.73 Å². The monoisotopic (exact) mass is 629 g/mol. The number of sulfonamides is 2. The molecule has 3 unspecified atom stereocenters. The molecule has 0 radical (unpaired) electrons. The number of halogens is 1. The largest absolute Gasteiger partial charge is 0.395 e. The SMILES string of the molecule is CCC(Cc1sccc1Cl)NS(=O)(=O)c1ccccc1.CCC1CN1S(=O)(=O)c1ccccc1.CC[C@H](N)CO. The number of aliphatic hydroxyl groups is 1. The summed E-state index contributed by atoms with van der Waals surface area (Å²) in [6.07, 6.45) is 3.07. The van der Waals surface area contributed by atoms with Crippen LogP contribution in [0, 0.1) is 0 Å². The molecule has 0 bridgehead atoms. The first-order valence-electron chi connectivity index (χ1n) is 13.2. The van der Waals surface area contributed by atoms with Gasteiger partial charge in [-0.25, -0.2) is 21.6 Å². The zero-order chi connectivity index (χ0) is 29.8. The summed E-state index contributed by atoms with van der Waals surface area (Å²) < 4.78 is 52.6. The Balaban J connectivity index is 0.000000242. The van der Waals surface area contributed by atoms with E-state index in [1.54, 1.807) is 70.2 Å². The first kappa shape index (κ1) is 34.4. The number of aliphatic hydroxyl groups excluding tert-OH is 1. The van der Waals surface area contributed by atoms with Crippen LogP contribution >= 0.6 is 22.9 Å². The van der Waals surface area contributed by atoms with E-state index in [9.17, 15) is 16.8 Å². The van der Waals surface area contributed by atoms with Crippen molar-refractivity contribution in [2.75, 3.05) is 13.2 Å². The van der Waals surface area contributed by atoms with E-state index in [4.69, 9.17) is 22.4 Å². The molecule has 222 valence electrons. The van der Waals surface area contributed by atoms with E-state index in [1.807, 2.05) is 38.3 Å². The van der Waals surface area contributed by atoms with Crippen LogP contribution in [-0.2, 0) is 26.5 Å². The lowest BCUT2D eigenvalue weighted by Gasteiger charge is -2.16. The average Bonchev–Trinajstić information content (AvgIpc) is 3.69. The van der Waals surface area contributed by atoms with Gasteiger partial charge in [0, 0.05) is 29.5 Å². The maximum atomic E-state index is 12.3. The van der Waals surface area contributed by atoms with Crippen molar-refractivity contribution in [1.29, 1.82) is 0 Å². The molecule has 40 heavy (non-hydrogen) atoms. The van der Waals surface area contributed by atoms with Gasteiger partial charge in [0.05, 0.1) is 21.4 Å². The summed E-state index contributed by atoms with van der Waals surface area (Å²) in [6.45, 7) is 6.69. The number of hydrogen-bond donors (Lipinski definition) is 3. The standard InChI is InChI=1S/C14H16ClNO2S2.C10H13NO2S.C4H11NO/c1-2-11(10-14-13(15)8-9-19-14)16-20(17,18)12-6-4-3-5-7-12;1-2-9-8-11(9)14(12,13)10-6-4-3-5-7-10;1-2-4(5)3-6/h3-9,11,16H,2,10H2,1H3;3-7,9H,2,8H2,1H3;4,6H,2-3,5H2,1H3/t;;4-/m..0/s1. The van der Waals surface area contributed by atoms with Gasteiger partial charge in [0.2, 0.25) is 20.0 Å². The van der Waals surface area contributed by atoms with Crippen molar-refractivity contribution in [3.05, 3.63) is 82.0 Å². The summed E-state index contributed by atoms with van der Waals surface area (Å²) in [5.74, 6) is 0. The average molecular weight is 630 g/mol. The molecule has 3 aromatic rings. The third-order valence-electron chi connectivity index (χ3n) is 6.24. The van der Waals surface area contributed by atoms with E-state index in [0.717, 1.165) is 17.7 Å². The molecule has 1 aromatic heterocycles. The van der Waals surface area contributed by atoms with Crippen LogP contribution in [0.4, 0.5) is 0 Å². The zero-order valence-electron chi connectivity index (χ0n) is 23.1. The number of nitrogens with one attached hydrogen (secondary N) is 1. The van der Waals surface area contributed by atoms with Crippen LogP contribution in [0.5, 0.6) is 0 Å². The molecule has 1 aliphatic heterocycles. The topological polar surface area (TPSA) is 130 Å². The van der Waals surface area contributed by atoms with Crippen LogP contribution in [0.25, 0.3) is 0 Å². The summed E-state index contributed by atoms with van der Waals surface area (Å²) in [4.78, 5) is 1.70. The van der Waals surface area contributed by atoms with E-state index in [1.165, 1.54) is 0 Å². The lowest BCUT2D eigenvalue weighted by atomic mass is 10.1. The number of rotatable bonds is 11. The fourth-order valence-corrected chi connectivity index (χ4v) is 7.71. The van der Waals surface area contributed by atoms with Gasteiger partial charge in [0.15, 0.2) is 0 Å². The molecule has 0 amide bonds. The molecule has 0 saturated carbocycles. The van der Waals surface area contributed by atoms with E-state index in [2.05, 4.69) is 4.72 Å². The van der Waals surface area contributed by atoms with Gasteiger partial charge in [0.25, 0.3) is 0 Å². The van der Waals surface area contributed by atoms with Crippen molar-refractivity contribution < 1.29 is 21.9 Å². The van der Waals surface area contributed by atoms with Gasteiger partial charge < -0.3 is 10.8 Å². The molecule has 4 rings (SSSR count). The predicted molar refractivity (Wildman–Crippen MR) is 164 cm³/mol. The lowest BCUT2D eigenvalue weighted by Crippen LogP contribution is -2.35. The number of benzene rings is 2. The molecule has 0 aliphatic carbocycles. The Labute approximate surface area is 248 Å². The Kier molecular flexibility index (Phi) is 14.2. The third-order valence-corrected chi connectivity index (χ3v) is 11.1. The highest BCUT2D eigenvalue weighted by molar-refractivity contribution is 7.89. The molecule has 4 atom stereocenters. The highest BCUT2D eigenvalue weighted by atomic mass is 35.5. The first-order chi connectivity index (χ1) is 19.0. The van der Waals surface area contributed by atoms with E-state index in [-0.39, 0.29) is 29.6 Å². The van der Waals surface area contributed by atoms with Gasteiger partial charge in [-0.15, -0.1) is 11.3 Å².